The zero-order valence-corrected chi connectivity index (χ0v) is 21.1. The molecule has 3 aliphatic rings. The van der Waals surface area contributed by atoms with E-state index < -0.39 is 12.1 Å². The van der Waals surface area contributed by atoms with Gasteiger partial charge in [0.1, 0.15) is 27.5 Å². The molecule has 10 heteroatoms. The smallest absolute Gasteiger partial charge is 0.249 e. The molecule has 3 heterocycles. The van der Waals surface area contributed by atoms with Crippen molar-refractivity contribution in [1.82, 2.24) is 20.0 Å². The van der Waals surface area contributed by atoms with Gasteiger partial charge in [-0.2, -0.15) is 0 Å². The number of thioether (sulfide) groups is 2. The van der Waals surface area contributed by atoms with Crippen molar-refractivity contribution in [3.8, 4) is 5.75 Å². The summed E-state index contributed by atoms with van der Waals surface area (Å²) in [7, 11) is 0. The SMILES string of the molecule is CCCCN1CN(C(C(=O)NC2C(=O)N3CC(C)(C)SC23)c2ccc(O)cc2)CSC1=S. The number of β-lactam (4-membered cyclic amide) rings is 1. The molecule has 2 amide bonds. The van der Waals surface area contributed by atoms with Crippen molar-refractivity contribution in [2.75, 3.05) is 25.6 Å². The number of benzene rings is 1. The lowest BCUT2D eigenvalue weighted by atomic mass is 10.0. The highest BCUT2D eigenvalue weighted by atomic mass is 32.2. The van der Waals surface area contributed by atoms with Crippen LogP contribution in [0.25, 0.3) is 0 Å². The van der Waals surface area contributed by atoms with Crippen LogP contribution in [0.2, 0.25) is 0 Å². The summed E-state index contributed by atoms with van der Waals surface area (Å²) in [5.41, 5.74) is 0.784. The van der Waals surface area contributed by atoms with Crippen molar-refractivity contribution in [2.45, 2.75) is 55.8 Å². The summed E-state index contributed by atoms with van der Waals surface area (Å²) < 4.78 is 0.851. The van der Waals surface area contributed by atoms with Gasteiger partial charge in [0.25, 0.3) is 0 Å². The quantitative estimate of drug-likeness (QED) is 0.443. The Morgan fingerprint density at radius 2 is 2.06 bits per heavy atom. The lowest BCUT2D eigenvalue weighted by molar-refractivity contribution is -0.148. The molecule has 1 aromatic carbocycles. The Balaban J connectivity index is 1.53. The van der Waals surface area contributed by atoms with Gasteiger partial charge in [0.15, 0.2) is 0 Å². The van der Waals surface area contributed by atoms with E-state index in [9.17, 15) is 14.7 Å². The first-order chi connectivity index (χ1) is 15.2. The lowest BCUT2D eigenvalue weighted by Crippen LogP contribution is -2.68. The predicted molar refractivity (Wildman–Crippen MR) is 133 cm³/mol. The Labute approximate surface area is 203 Å². The molecule has 7 nitrogen and oxygen atoms in total. The van der Waals surface area contributed by atoms with Gasteiger partial charge in [0.2, 0.25) is 11.8 Å². The molecule has 4 rings (SSSR count). The molecule has 32 heavy (non-hydrogen) atoms. The van der Waals surface area contributed by atoms with Gasteiger partial charge >= 0.3 is 0 Å². The van der Waals surface area contributed by atoms with E-state index in [2.05, 4.69) is 35.9 Å². The van der Waals surface area contributed by atoms with Crippen molar-refractivity contribution < 1.29 is 14.7 Å². The second-order valence-electron chi connectivity index (χ2n) is 9.10. The number of fused-ring (bicyclic) bond motifs is 1. The average molecular weight is 495 g/mol. The van der Waals surface area contributed by atoms with Crippen LogP contribution < -0.4 is 5.32 Å². The predicted octanol–water partition coefficient (Wildman–Crippen LogP) is 2.96. The normalized spacial score (nSPS) is 26.0. The minimum Gasteiger partial charge on any atom is -0.508 e. The maximum atomic E-state index is 13.6. The summed E-state index contributed by atoms with van der Waals surface area (Å²) >= 11 is 8.84. The minimum atomic E-state index is -0.573. The number of phenolic OH excluding ortho intramolecular Hbond substituents is 1. The Hall–Kier alpha value is -1.49. The van der Waals surface area contributed by atoms with E-state index in [4.69, 9.17) is 12.2 Å². The van der Waals surface area contributed by atoms with E-state index in [-0.39, 0.29) is 27.7 Å². The van der Waals surface area contributed by atoms with E-state index in [1.165, 1.54) is 0 Å². The molecule has 0 bridgehead atoms. The molecule has 0 saturated carbocycles. The van der Waals surface area contributed by atoms with Gasteiger partial charge in [0, 0.05) is 17.8 Å². The zero-order valence-electron chi connectivity index (χ0n) is 18.6. The second-order valence-corrected chi connectivity index (χ2v) is 12.5. The molecule has 174 valence electrons. The van der Waals surface area contributed by atoms with Gasteiger partial charge in [0.05, 0.1) is 12.5 Å². The van der Waals surface area contributed by atoms with Gasteiger partial charge in [-0.05, 0) is 38.0 Å². The third-order valence-corrected chi connectivity index (χ3v) is 9.11. The first-order valence-electron chi connectivity index (χ1n) is 10.9. The highest BCUT2D eigenvalue weighted by Crippen LogP contribution is 2.46. The van der Waals surface area contributed by atoms with Gasteiger partial charge in [-0.25, -0.2) is 0 Å². The molecule has 3 atom stereocenters. The summed E-state index contributed by atoms with van der Waals surface area (Å²) in [5.74, 6) is 0.546. The number of hydrogen-bond acceptors (Lipinski definition) is 7. The molecule has 0 aliphatic carbocycles. The summed E-state index contributed by atoms with van der Waals surface area (Å²) in [6.45, 7) is 8.51. The number of phenols is 1. The van der Waals surface area contributed by atoms with Crippen LogP contribution in [0.3, 0.4) is 0 Å². The van der Waals surface area contributed by atoms with Crippen molar-refractivity contribution in [3.63, 3.8) is 0 Å². The summed E-state index contributed by atoms with van der Waals surface area (Å²) in [6.07, 6.45) is 2.10. The monoisotopic (exact) mass is 494 g/mol. The summed E-state index contributed by atoms with van der Waals surface area (Å²) in [5, 5.41) is 12.8. The molecule has 1 aromatic rings. The third kappa shape index (κ3) is 4.73. The molecule has 3 fully saturated rings. The molecule has 2 N–H and O–H groups in total. The van der Waals surface area contributed by atoms with Gasteiger partial charge in [-0.15, -0.1) is 11.8 Å². The Bertz CT molecular complexity index is 895. The molecule has 3 unspecified atom stereocenters. The zero-order chi connectivity index (χ0) is 23.0. The van der Waals surface area contributed by atoms with E-state index in [0.717, 1.165) is 29.3 Å². The van der Waals surface area contributed by atoms with Crippen molar-refractivity contribution in [2.24, 2.45) is 0 Å². The average Bonchev–Trinajstić information content (AvgIpc) is 3.05. The molecule has 0 radical (unpaired) electrons. The lowest BCUT2D eigenvalue weighted by Gasteiger charge is -2.44. The van der Waals surface area contributed by atoms with Crippen LogP contribution in [0.5, 0.6) is 5.75 Å². The largest absolute Gasteiger partial charge is 0.508 e. The Kier molecular flexibility index (Phi) is 6.95. The number of aromatic hydroxyl groups is 1. The van der Waals surface area contributed by atoms with Crippen molar-refractivity contribution >= 4 is 51.9 Å². The molecular weight excluding hydrogens is 464 g/mol. The standard InChI is InChI=1S/C22H30N4O3S3/c1-4-5-10-24-12-25(13-31-21(24)30)17(14-6-8-15(27)9-7-14)18(28)23-16-19(29)26-11-22(2,3)32-20(16)26/h6-9,16-17,20,27H,4-5,10-13H2,1-3H3,(H,23,28). The van der Waals surface area contributed by atoms with Gasteiger partial charge in [-0.1, -0.05) is 49.5 Å². The van der Waals surface area contributed by atoms with Crippen LogP contribution in [-0.2, 0) is 9.59 Å². The number of rotatable bonds is 7. The highest BCUT2D eigenvalue weighted by Gasteiger charge is 2.56. The number of thiocarbonyl (C=S) groups is 1. The maximum Gasteiger partial charge on any atom is 0.249 e. The Morgan fingerprint density at radius 1 is 1.34 bits per heavy atom. The van der Waals surface area contributed by atoms with Crippen LogP contribution in [0.1, 0.15) is 45.2 Å². The van der Waals surface area contributed by atoms with Crippen molar-refractivity contribution in [1.29, 1.82) is 0 Å². The first-order valence-corrected chi connectivity index (χ1v) is 13.2. The molecule has 0 spiro atoms. The second kappa shape index (κ2) is 9.40. The number of carbonyl (C=O) groups is 2. The number of unbranched alkanes of at least 4 members (excludes halogenated alkanes) is 1. The number of amides is 2. The Morgan fingerprint density at radius 3 is 2.75 bits per heavy atom. The van der Waals surface area contributed by atoms with E-state index in [1.807, 2.05) is 4.90 Å². The number of nitrogens with zero attached hydrogens (tertiary/aromatic N) is 3. The molecule has 3 saturated heterocycles. The van der Waals surface area contributed by atoms with Crippen LogP contribution in [-0.4, -0.2) is 77.7 Å². The summed E-state index contributed by atoms with van der Waals surface area (Å²) in [6, 6.07) is 5.67. The topological polar surface area (TPSA) is 76.1 Å². The van der Waals surface area contributed by atoms with Crippen LogP contribution in [0.15, 0.2) is 24.3 Å². The molecule has 0 aromatic heterocycles. The van der Waals surface area contributed by atoms with E-state index in [0.29, 0.717) is 19.1 Å². The summed E-state index contributed by atoms with van der Waals surface area (Å²) in [4.78, 5) is 32.3. The maximum absolute atomic E-state index is 13.6. The number of nitrogens with one attached hydrogen (secondary N) is 1. The van der Waals surface area contributed by atoms with Crippen LogP contribution in [0, 0.1) is 0 Å². The van der Waals surface area contributed by atoms with E-state index in [1.54, 1.807) is 47.8 Å². The van der Waals surface area contributed by atoms with Gasteiger partial charge < -0.3 is 20.2 Å². The van der Waals surface area contributed by atoms with Gasteiger partial charge in [-0.3, -0.25) is 14.5 Å². The van der Waals surface area contributed by atoms with Crippen LogP contribution >= 0.6 is 35.7 Å². The fraction of sp³-hybridized carbons (Fsp3) is 0.591. The minimum absolute atomic E-state index is 0.00482. The number of hydrogen-bond donors (Lipinski definition) is 2. The van der Waals surface area contributed by atoms with E-state index >= 15 is 0 Å². The fourth-order valence-electron chi connectivity index (χ4n) is 4.36. The molecule has 3 aliphatic heterocycles. The first kappa shape index (κ1) is 23.7. The fourth-order valence-corrected chi connectivity index (χ4v) is 7.00. The van der Waals surface area contributed by atoms with Crippen LogP contribution in [0.4, 0.5) is 0 Å². The molecular formula is C22H30N4O3S3. The highest BCUT2D eigenvalue weighted by molar-refractivity contribution is 8.22. The van der Waals surface area contributed by atoms with Crippen molar-refractivity contribution in [3.05, 3.63) is 29.8 Å². The number of carbonyl (C=O) groups excluding carboxylic acids is 2. The third-order valence-electron chi connectivity index (χ3n) is 6.00.